The van der Waals surface area contributed by atoms with Gasteiger partial charge in [-0.3, -0.25) is 4.79 Å². The Morgan fingerprint density at radius 3 is 2.94 bits per heavy atom. The minimum atomic E-state index is -0.145. The van der Waals surface area contributed by atoms with Gasteiger partial charge in [-0.25, -0.2) is 0 Å². The summed E-state index contributed by atoms with van der Waals surface area (Å²) < 4.78 is 5.18. The van der Waals surface area contributed by atoms with E-state index in [1.807, 2.05) is 13.8 Å². The van der Waals surface area contributed by atoms with Gasteiger partial charge in [-0.05, 0) is 6.07 Å². The van der Waals surface area contributed by atoms with E-state index in [0.717, 1.165) is 0 Å². The molecule has 16 heavy (non-hydrogen) atoms. The van der Waals surface area contributed by atoms with Gasteiger partial charge in [0.15, 0.2) is 0 Å². The van der Waals surface area contributed by atoms with Gasteiger partial charge in [-0.15, -0.1) is 0 Å². The number of amides is 1. The molecule has 1 rings (SSSR count). The molecule has 1 heterocycles. The smallest absolute Gasteiger partial charge is 0.254 e. The molecule has 0 aromatic carbocycles. The first kappa shape index (κ1) is 12.7. The third kappa shape index (κ3) is 3.06. The van der Waals surface area contributed by atoms with E-state index in [4.69, 9.17) is 22.4 Å². The lowest BCUT2D eigenvalue weighted by Crippen LogP contribution is -2.33. The molecule has 0 aliphatic carbocycles. The predicted octanol–water partition coefficient (Wildman–Crippen LogP) is 1.49. The maximum atomic E-state index is 11.8. The highest BCUT2D eigenvalue weighted by Gasteiger charge is 2.14. The van der Waals surface area contributed by atoms with Gasteiger partial charge in [0.05, 0.1) is 16.8 Å². The zero-order valence-corrected chi connectivity index (χ0v) is 10.3. The molecule has 3 N–H and O–H groups in total. The summed E-state index contributed by atoms with van der Waals surface area (Å²) in [6.07, 6.45) is 2.21. The number of hydrogen-bond acceptors (Lipinski definition) is 3. The van der Waals surface area contributed by atoms with Gasteiger partial charge in [-0.2, -0.15) is 0 Å². The van der Waals surface area contributed by atoms with Crippen LogP contribution in [0.4, 0.5) is 0 Å². The summed E-state index contributed by atoms with van der Waals surface area (Å²) >= 11 is 4.83. The van der Waals surface area contributed by atoms with E-state index in [-0.39, 0.29) is 11.8 Å². The van der Waals surface area contributed by atoms with Crippen LogP contribution in [0, 0.1) is 5.92 Å². The topological polar surface area (TPSA) is 68.3 Å². The van der Waals surface area contributed by atoms with Crippen LogP contribution >= 0.6 is 12.2 Å². The van der Waals surface area contributed by atoms with E-state index in [9.17, 15) is 4.79 Å². The molecule has 1 atom stereocenters. The third-order valence-electron chi connectivity index (χ3n) is 2.37. The van der Waals surface area contributed by atoms with Crippen LogP contribution < -0.4 is 11.1 Å². The Balaban J connectivity index is 2.56. The number of carbonyl (C=O) groups is 1. The van der Waals surface area contributed by atoms with E-state index in [2.05, 4.69) is 5.32 Å². The van der Waals surface area contributed by atoms with Crippen molar-refractivity contribution in [3.8, 4) is 0 Å². The van der Waals surface area contributed by atoms with Crippen LogP contribution in [-0.2, 0) is 6.42 Å². The SMILES string of the molecule is CCc1occc1C(=O)NCC(C)C(N)=S. The average molecular weight is 240 g/mol. The van der Waals surface area contributed by atoms with Crippen LogP contribution in [0.3, 0.4) is 0 Å². The number of furan rings is 1. The van der Waals surface area contributed by atoms with E-state index in [1.165, 1.54) is 6.26 Å². The van der Waals surface area contributed by atoms with E-state index >= 15 is 0 Å². The van der Waals surface area contributed by atoms with Gasteiger partial charge >= 0.3 is 0 Å². The molecule has 0 fully saturated rings. The largest absolute Gasteiger partial charge is 0.469 e. The Labute approximate surface area is 100 Å². The molecule has 4 nitrogen and oxygen atoms in total. The number of carbonyl (C=O) groups excluding carboxylic acids is 1. The Morgan fingerprint density at radius 2 is 2.38 bits per heavy atom. The lowest BCUT2D eigenvalue weighted by atomic mass is 10.1. The second-order valence-electron chi connectivity index (χ2n) is 3.62. The monoisotopic (exact) mass is 240 g/mol. The molecule has 0 aliphatic heterocycles. The number of thiocarbonyl (C=S) groups is 1. The standard InChI is InChI=1S/C11H16N2O2S/c1-3-9-8(4-5-15-9)11(14)13-6-7(2)10(12)16/h4-5,7H,3,6H2,1-2H3,(H2,12,16)(H,13,14). The maximum absolute atomic E-state index is 11.8. The molecule has 0 spiro atoms. The van der Waals surface area contributed by atoms with Crippen molar-refractivity contribution in [1.82, 2.24) is 5.32 Å². The summed E-state index contributed by atoms with van der Waals surface area (Å²) in [5.41, 5.74) is 6.04. The third-order valence-corrected chi connectivity index (χ3v) is 2.77. The molecule has 88 valence electrons. The fourth-order valence-electron chi connectivity index (χ4n) is 1.26. The van der Waals surface area contributed by atoms with Crippen molar-refractivity contribution >= 4 is 23.1 Å². The maximum Gasteiger partial charge on any atom is 0.254 e. The first-order valence-electron chi connectivity index (χ1n) is 5.20. The summed E-state index contributed by atoms with van der Waals surface area (Å²) in [4.78, 5) is 12.2. The first-order valence-corrected chi connectivity index (χ1v) is 5.61. The molecule has 0 bridgehead atoms. The number of nitrogens with one attached hydrogen (secondary N) is 1. The number of rotatable bonds is 5. The highest BCUT2D eigenvalue weighted by molar-refractivity contribution is 7.80. The second kappa shape index (κ2) is 5.65. The van der Waals surface area contributed by atoms with Gasteiger partial charge in [0.25, 0.3) is 5.91 Å². The van der Waals surface area contributed by atoms with Crippen molar-refractivity contribution in [1.29, 1.82) is 0 Å². The van der Waals surface area contributed by atoms with Crippen molar-refractivity contribution in [3.05, 3.63) is 23.7 Å². The number of hydrogen-bond donors (Lipinski definition) is 2. The minimum absolute atomic E-state index is 0.00377. The molecular weight excluding hydrogens is 224 g/mol. The van der Waals surface area contributed by atoms with Crippen molar-refractivity contribution in [2.24, 2.45) is 11.7 Å². The summed E-state index contributed by atoms with van der Waals surface area (Å²) in [6.45, 7) is 4.26. The van der Waals surface area contributed by atoms with Gasteiger partial charge in [0.2, 0.25) is 0 Å². The average Bonchev–Trinajstić information content (AvgIpc) is 2.73. The van der Waals surface area contributed by atoms with E-state index < -0.39 is 0 Å². The van der Waals surface area contributed by atoms with Crippen LogP contribution in [0.15, 0.2) is 16.7 Å². The van der Waals surface area contributed by atoms with Gasteiger partial charge in [0, 0.05) is 18.9 Å². The molecular formula is C11H16N2O2S. The Kier molecular flexibility index (Phi) is 4.49. The summed E-state index contributed by atoms with van der Waals surface area (Å²) in [5.74, 6) is 0.546. The van der Waals surface area contributed by atoms with Crippen LogP contribution in [0.25, 0.3) is 0 Å². The second-order valence-corrected chi connectivity index (χ2v) is 4.10. The molecule has 0 aliphatic rings. The molecule has 1 aromatic heterocycles. The van der Waals surface area contributed by atoms with Crippen molar-refractivity contribution in [3.63, 3.8) is 0 Å². The lowest BCUT2D eigenvalue weighted by Gasteiger charge is -2.10. The molecule has 0 saturated heterocycles. The highest BCUT2D eigenvalue weighted by atomic mass is 32.1. The van der Waals surface area contributed by atoms with Crippen LogP contribution in [0.5, 0.6) is 0 Å². The minimum Gasteiger partial charge on any atom is -0.469 e. The van der Waals surface area contributed by atoms with Crippen molar-refractivity contribution in [2.75, 3.05) is 6.54 Å². The van der Waals surface area contributed by atoms with E-state index in [0.29, 0.717) is 29.3 Å². The zero-order valence-electron chi connectivity index (χ0n) is 9.45. The lowest BCUT2D eigenvalue weighted by molar-refractivity contribution is 0.0949. The molecule has 5 heteroatoms. The number of nitrogens with two attached hydrogens (primary N) is 1. The summed E-state index contributed by atoms with van der Waals surface area (Å²) in [6, 6.07) is 1.67. The Morgan fingerprint density at radius 1 is 1.69 bits per heavy atom. The predicted molar refractivity (Wildman–Crippen MR) is 66.4 cm³/mol. The van der Waals surface area contributed by atoms with Crippen molar-refractivity contribution < 1.29 is 9.21 Å². The van der Waals surface area contributed by atoms with Crippen LogP contribution in [0.1, 0.15) is 30.0 Å². The summed E-state index contributed by atoms with van der Waals surface area (Å²) in [5, 5.41) is 2.77. The molecule has 1 amide bonds. The first-order chi connectivity index (χ1) is 7.56. The normalized spacial score (nSPS) is 12.1. The molecule has 0 radical (unpaired) electrons. The van der Waals surface area contributed by atoms with Gasteiger partial charge in [0.1, 0.15) is 5.76 Å². The fraction of sp³-hybridized carbons (Fsp3) is 0.455. The molecule has 1 unspecified atom stereocenters. The Hall–Kier alpha value is -1.36. The summed E-state index contributed by atoms with van der Waals surface area (Å²) in [7, 11) is 0. The quantitative estimate of drug-likeness (QED) is 0.765. The van der Waals surface area contributed by atoms with E-state index in [1.54, 1.807) is 6.07 Å². The van der Waals surface area contributed by atoms with Gasteiger partial charge < -0.3 is 15.5 Å². The van der Waals surface area contributed by atoms with Crippen LogP contribution in [-0.4, -0.2) is 17.4 Å². The number of aryl methyl sites for hydroxylation is 1. The Bertz CT molecular complexity index is 387. The van der Waals surface area contributed by atoms with Crippen LogP contribution in [0.2, 0.25) is 0 Å². The molecule has 0 saturated carbocycles. The highest BCUT2D eigenvalue weighted by Crippen LogP contribution is 2.10. The fourth-order valence-corrected chi connectivity index (χ4v) is 1.34. The van der Waals surface area contributed by atoms with Crippen molar-refractivity contribution in [2.45, 2.75) is 20.3 Å². The molecule has 1 aromatic rings. The van der Waals surface area contributed by atoms with Gasteiger partial charge in [-0.1, -0.05) is 26.1 Å². The zero-order chi connectivity index (χ0) is 12.1.